The Morgan fingerprint density at radius 2 is 2.37 bits per heavy atom. The van der Waals surface area contributed by atoms with E-state index >= 15 is 0 Å². The standard InChI is InChI=1S/C12H14N4O2S/c1-2-13-11(17)10-5-8(3-4-14-10)15-6-9-7-19-12(18)16-9/h3-5,7H,2,6H2,1H3,(H,13,17)(H,14,15)(H,16,18). The molecule has 19 heavy (non-hydrogen) atoms. The van der Waals surface area contributed by atoms with Crippen LogP contribution in [-0.2, 0) is 6.54 Å². The summed E-state index contributed by atoms with van der Waals surface area (Å²) in [6.07, 6.45) is 1.57. The predicted molar refractivity (Wildman–Crippen MR) is 74.5 cm³/mol. The zero-order valence-electron chi connectivity index (χ0n) is 10.4. The van der Waals surface area contributed by atoms with Crippen LogP contribution in [0.5, 0.6) is 0 Å². The number of hydrogen-bond acceptors (Lipinski definition) is 5. The monoisotopic (exact) mass is 278 g/mol. The fraction of sp³-hybridized carbons (Fsp3) is 0.250. The molecule has 100 valence electrons. The van der Waals surface area contributed by atoms with Crippen LogP contribution < -0.4 is 15.5 Å². The van der Waals surface area contributed by atoms with Crippen molar-refractivity contribution in [1.82, 2.24) is 15.3 Å². The summed E-state index contributed by atoms with van der Waals surface area (Å²) in [5, 5.41) is 7.58. The van der Waals surface area contributed by atoms with Gasteiger partial charge in [-0.05, 0) is 19.1 Å². The van der Waals surface area contributed by atoms with Crippen molar-refractivity contribution in [2.45, 2.75) is 13.5 Å². The van der Waals surface area contributed by atoms with Crippen molar-refractivity contribution in [2.24, 2.45) is 0 Å². The lowest BCUT2D eigenvalue weighted by Gasteiger charge is -2.06. The molecule has 3 N–H and O–H groups in total. The molecule has 0 saturated carbocycles. The zero-order valence-corrected chi connectivity index (χ0v) is 11.2. The van der Waals surface area contributed by atoms with Gasteiger partial charge in [-0.25, -0.2) is 0 Å². The van der Waals surface area contributed by atoms with Crippen molar-refractivity contribution in [2.75, 3.05) is 11.9 Å². The van der Waals surface area contributed by atoms with Gasteiger partial charge < -0.3 is 15.6 Å². The van der Waals surface area contributed by atoms with E-state index in [0.29, 0.717) is 18.8 Å². The molecule has 2 aromatic heterocycles. The smallest absolute Gasteiger partial charge is 0.304 e. The van der Waals surface area contributed by atoms with Gasteiger partial charge in [0.1, 0.15) is 5.69 Å². The average Bonchev–Trinajstić information content (AvgIpc) is 2.83. The van der Waals surface area contributed by atoms with E-state index < -0.39 is 0 Å². The zero-order chi connectivity index (χ0) is 13.7. The van der Waals surface area contributed by atoms with Gasteiger partial charge in [0.25, 0.3) is 5.91 Å². The Labute approximate surface area is 113 Å². The maximum absolute atomic E-state index is 11.6. The molecule has 7 heteroatoms. The molecule has 0 aliphatic rings. The van der Waals surface area contributed by atoms with E-state index in [4.69, 9.17) is 0 Å². The molecule has 0 bridgehead atoms. The molecule has 0 aliphatic heterocycles. The normalized spacial score (nSPS) is 10.2. The minimum atomic E-state index is -0.199. The average molecular weight is 278 g/mol. The number of nitrogens with one attached hydrogen (secondary N) is 3. The molecule has 0 radical (unpaired) electrons. The van der Waals surface area contributed by atoms with Crippen molar-refractivity contribution >= 4 is 22.9 Å². The molecule has 0 spiro atoms. The minimum Gasteiger partial charge on any atom is -0.379 e. The first-order chi connectivity index (χ1) is 9.19. The van der Waals surface area contributed by atoms with Crippen molar-refractivity contribution in [1.29, 1.82) is 0 Å². The highest BCUT2D eigenvalue weighted by Crippen LogP contribution is 2.09. The fourth-order valence-corrected chi connectivity index (χ4v) is 2.10. The topological polar surface area (TPSA) is 86.9 Å². The van der Waals surface area contributed by atoms with Crippen LogP contribution in [0.25, 0.3) is 0 Å². The lowest BCUT2D eigenvalue weighted by Crippen LogP contribution is -2.23. The molecular weight excluding hydrogens is 264 g/mol. The van der Waals surface area contributed by atoms with E-state index in [1.54, 1.807) is 23.7 Å². The van der Waals surface area contributed by atoms with Crippen LogP contribution in [0.1, 0.15) is 23.1 Å². The third-order valence-corrected chi connectivity index (χ3v) is 3.10. The van der Waals surface area contributed by atoms with E-state index in [0.717, 1.165) is 22.7 Å². The first-order valence-electron chi connectivity index (χ1n) is 5.84. The van der Waals surface area contributed by atoms with Crippen LogP contribution >= 0.6 is 11.3 Å². The number of anilines is 1. The number of H-pyrrole nitrogens is 1. The summed E-state index contributed by atoms with van der Waals surface area (Å²) < 4.78 is 0. The molecule has 0 saturated heterocycles. The third-order valence-electron chi connectivity index (χ3n) is 2.38. The number of thiazole rings is 1. The highest BCUT2D eigenvalue weighted by molar-refractivity contribution is 7.07. The van der Waals surface area contributed by atoms with Crippen LogP contribution in [-0.4, -0.2) is 22.4 Å². The summed E-state index contributed by atoms with van der Waals surface area (Å²) in [5.74, 6) is -0.199. The number of rotatable bonds is 5. The van der Waals surface area contributed by atoms with E-state index in [2.05, 4.69) is 20.6 Å². The molecule has 6 nitrogen and oxygen atoms in total. The molecule has 0 aromatic carbocycles. The van der Waals surface area contributed by atoms with Gasteiger partial charge in [-0.1, -0.05) is 11.3 Å². The lowest BCUT2D eigenvalue weighted by atomic mass is 10.3. The second-order valence-electron chi connectivity index (χ2n) is 3.82. The van der Waals surface area contributed by atoms with E-state index in [1.807, 2.05) is 6.92 Å². The summed E-state index contributed by atoms with van der Waals surface area (Å²) in [6, 6.07) is 3.45. The fourth-order valence-electron chi connectivity index (χ4n) is 1.51. The van der Waals surface area contributed by atoms with Crippen molar-refractivity contribution in [3.05, 3.63) is 44.8 Å². The number of pyridine rings is 1. The summed E-state index contributed by atoms with van der Waals surface area (Å²) in [7, 11) is 0. The number of hydrogen-bond donors (Lipinski definition) is 3. The number of amides is 1. The van der Waals surface area contributed by atoms with Gasteiger partial charge in [0, 0.05) is 29.5 Å². The Hall–Kier alpha value is -2.15. The molecule has 2 rings (SSSR count). The molecular formula is C12H14N4O2S. The van der Waals surface area contributed by atoms with Crippen LogP contribution in [0.4, 0.5) is 5.69 Å². The Bertz CT molecular complexity index is 620. The highest BCUT2D eigenvalue weighted by atomic mass is 32.1. The summed E-state index contributed by atoms with van der Waals surface area (Å²) >= 11 is 1.13. The quantitative estimate of drug-likeness (QED) is 0.767. The second-order valence-corrected chi connectivity index (χ2v) is 4.66. The summed E-state index contributed by atoms with van der Waals surface area (Å²) in [6.45, 7) is 2.92. The van der Waals surface area contributed by atoms with Gasteiger partial charge in [0.2, 0.25) is 0 Å². The van der Waals surface area contributed by atoms with Gasteiger partial charge in [-0.15, -0.1) is 0 Å². The van der Waals surface area contributed by atoms with Gasteiger partial charge in [-0.3, -0.25) is 14.6 Å². The number of aromatic amines is 1. The second kappa shape index (κ2) is 6.14. The van der Waals surface area contributed by atoms with Crippen LogP contribution in [0.2, 0.25) is 0 Å². The van der Waals surface area contributed by atoms with Gasteiger partial charge in [-0.2, -0.15) is 0 Å². The minimum absolute atomic E-state index is 0.0745. The molecule has 0 fully saturated rings. The van der Waals surface area contributed by atoms with Crippen LogP contribution in [0.15, 0.2) is 28.5 Å². The molecule has 2 aromatic rings. The van der Waals surface area contributed by atoms with Crippen molar-refractivity contribution in [3.63, 3.8) is 0 Å². The van der Waals surface area contributed by atoms with E-state index in [1.165, 1.54) is 0 Å². The van der Waals surface area contributed by atoms with Crippen LogP contribution in [0, 0.1) is 0 Å². The number of aromatic nitrogens is 2. The summed E-state index contributed by atoms with van der Waals surface area (Å²) in [4.78, 5) is 29.3. The third kappa shape index (κ3) is 3.65. The van der Waals surface area contributed by atoms with Gasteiger partial charge in [0.15, 0.2) is 0 Å². The van der Waals surface area contributed by atoms with Crippen LogP contribution in [0.3, 0.4) is 0 Å². The number of carbonyl (C=O) groups excluding carboxylic acids is 1. The lowest BCUT2D eigenvalue weighted by molar-refractivity contribution is 0.0951. The summed E-state index contributed by atoms with van der Waals surface area (Å²) in [5.41, 5.74) is 1.96. The Morgan fingerprint density at radius 1 is 1.53 bits per heavy atom. The number of carbonyl (C=O) groups is 1. The molecule has 0 aliphatic carbocycles. The van der Waals surface area contributed by atoms with E-state index in [-0.39, 0.29) is 10.8 Å². The van der Waals surface area contributed by atoms with Crippen molar-refractivity contribution in [3.8, 4) is 0 Å². The maximum Gasteiger partial charge on any atom is 0.304 e. The van der Waals surface area contributed by atoms with Crippen molar-refractivity contribution < 1.29 is 4.79 Å². The first-order valence-corrected chi connectivity index (χ1v) is 6.72. The largest absolute Gasteiger partial charge is 0.379 e. The Kier molecular flexibility index (Phi) is 4.30. The molecule has 0 unspecified atom stereocenters. The molecule has 1 amide bonds. The van der Waals surface area contributed by atoms with Gasteiger partial charge >= 0.3 is 4.87 Å². The first kappa shape index (κ1) is 13.3. The Balaban J connectivity index is 2.02. The van der Waals surface area contributed by atoms with Gasteiger partial charge in [0.05, 0.1) is 6.54 Å². The molecule has 0 atom stereocenters. The Morgan fingerprint density at radius 3 is 3.05 bits per heavy atom. The van der Waals surface area contributed by atoms with E-state index in [9.17, 15) is 9.59 Å². The SMILES string of the molecule is CCNC(=O)c1cc(NCc2csc(=O)[nH]2)ccn1. The predicted octanol–water partition coefficient (Wildman–Crippen LogP) is 1.19. The number of nitrogens with zero attached hydrogens (tertiary/aromatic N) is 1. The highest BCUT2D eigenvalue weighted by Gasteiger charge is 2.06. The maximum atomic E-state index is 11.6. The molecule has 2 heterocycles.